The molecule has 0 saturated heterocycles. The number of hydrogen-bond donors (Lipinski definition) is 3. The van der Waals surface area contributed by atoms with Gasteiger partial charge in [0.2, 0.25) is 0 Å². The van der Waals surface area contributed by atoms with E-state index in [1.54, 1.807) is 12.1 Å². The van der Waals surface area contributed by atoms with E-state index in [4.69, 9.17) is 11.6 Å². The van der Waals surface area contributed by atoms with Crippen LogP contribution in [-0.4, -0.2) is 28.8 Å². The van der Waals surface area contributed by atoms with Crippen LogP contribution in [0.5, 0.6) is 0 Å². The molecular weight excluding hydrogens is 266 g/mol. The maximum Gasteiger partial charge on any atom is 0.315 e. The predicted molar refractivity (Wildman–Crippen MR) is 74.9 cm³/mol. The van der Waals surface area contributed by atoms with E-state index in [0.29, 0.717) is 24.5 Å². The van der Waals surface area contributed by atoms with E-state index in [9.17, 15) is 9.90 Å². The molecule has 1 atom stereocenters. The summed E-state index contributed by atoms with van der Waals surface area (Å²) in [4.78, 5) is 15.5. The maximum atomic E-state index is 11.5. The van der Waals surface area contributed by atoms with Crippen LogP contribution in [0.25, 0.3) is 0 Å². The van der Waals surface area contributed by atoms with Crippen LogP contribution >= 0.6 is 11.6 Å². The fourth-order valence-electron chi connectivity index (χ4n) is 1.41. The van der Waals surface area contributed by atoms with Crippen LogP contribution in [0, 0.1) is 5.92 Å². The van der Waals surface area contributed by atoms with Crippen molar-refractivity contribution in [2.75, 3.05) is 6.54 Å². The molecule has 0 aliphatic heterocycles. The number of carbonyl (C=O) groups excluding carboxylic acids is 1. The molecule has 2 amide bonds. The first-order valence-corrected chi connectivity index (χ1v) is 6.67. The molecule has 0 saturated carbocycles. The first kappa shape index (κ1) is 15.7. The Bertz CT molecular complexity index is 395. The van der Waals surface area contributed by atoms with Gasteiger partial charge in [0.25, 0.3) is 0 Å². The second kappa shape index (κ2) is 7.96. The van der Waals surface area contributed by atoms with Crippen molar-refractivity contribution in [3.63, 3.8) is 0 Å². The zero-order chi connectivity index (χ0) is 14.3. The van der Waals surface area contributed by atoms with Gasteiger partial charge in [-0.2, -0.15) is 0 Å². The third-order valence-corrected chi connectivity index (χ3v) is 2.94. The lowest BCUT2D eigenvalue weighted by Gasteiger charge is -2.14. The highest BCUT2D eigenvalue weighted by Crippen LogP contribution is 2.06. The number of amides is 2. The number of urea groups is 1. The third-order valence-electron chi connectivity index (χ3n) is 2.71. The lowest BCUT2D eigenvalue weighted by Crippen LogP contribution is -2.37. The summed E-state index contributed by atoms with van der Waals surface area (Å²) >= 11 is 5.71. The number of hydrogen-bond acceptors (Lipinski definition) is 3. The van der Waals surface area contributed by atoms with Crippen molar-refractivity contribution in [3.8, 4) is 0 Å². The number of carbonyl (C=O) groups is 1. The van der Waals surface area contributed by atoms with Crippen LogP contribution in [0.1, 0.15) is 26.0 Å². The molecular formula is C13H20ClN3O2. The van der Waals surface area contributed by atoms with Crippen molar-refractivity contribution in [3.05, 3.63) is 29.0 Å². The Hall–Kier alpha value is -1.33. The Morgan fingerprint density at radius 2 is 2.16 bits per heavy atom. The molecule has 0 aliphatic rings. The van der Waals surface area contributed by atoms with Crippen LogP contribution in [0.2, 0.25) is 5.02 Å². The highest BCUT2D eigenvalue weighted by Gasteiger charge is 2.09. The van der Waals surface area contributed by atoms with Crippen LogP contribution in [0.3, 0.4) is 0 Å². The number of rotatable bonds is 6. The van der Waals surface area contributed by atoms with Gasteiger partial charge in [0.15, 0.2) is 0 Å². The van der Waals surface area contributed by atoms with Crippen molar-refractivity contribution < 1.29 is 9.90 Å². The average Bonchev–Trinajstić information content (AvgIpc) is 2.37. The molecule has 1 aromatic rings. The molecule has 1 heterocycles. The van der Waals surface area contributed by atoms with Gasteiger partial charge in [0, 0.05) is 12.7 Å². The lowest BCUT2D eigenvalue weighted by molar-refractivity contribution is 0.116. The normalized spacial score (nSPS) is 12.3. The minimum atomic E-state index is -0.391. The monoisotopic (exact) mass is 285 g/mol. The van der Waals surface area contributed by atoms with E-state index in [-0.39, 0.29) is 11.9 Å². The summed E-state index contributed by atoms with van der Waals surface area (Å²) in [6, 6.07) is 3.21. The first-order valence-electron chi connectivity index (χ1n) is 6.29. The van der Waals surface area contributed by atoms with Crippen molar-refractivity contribution in [2.24, 2.45) is 5.92 Å². The predicted octanol–water partition coefficient (Wildman–Crippen LogP) is 1.94. The van der Waals surface area contributed by atoms with Crippen molar-refractivity contribution in [1.82, 2.24) is 15.6 Å². The average molecular weight is 286 g/mol. The molecule has 0 bridgehead atoms. The minimum absolute atomic E-state index is 0.197. The van der Waals surface area contributed by atoms with Gasteiger partial charge < -0.3 is 15.7 Å². The van der Waals surface area contributed by atoms with Crippen molar-refractivity contribution >= 4 is 17.6 Å². The zero-order valence-corrected chi connectivity index (χ0v) is 11.9. The summed E-state index contributed by atoms with van der Waals surface area (Å²) in [5.41, 5.74) is 0.738. The molecule has 1 aromatic heterocycles. The van der Waals surface area contributed by atoms with Crippen molar-refractivity contribution in [2.45, 2.75) is 32.9 Å². The molecule has 0 spiro atoms. The Balaban J connectivity index is 2.19. The van der Waals surface area contributed by atoms with E-state index in [2.05, 4.69) is 15.6 Å². The molecule has 0 fully saturated rings. The van der Waals surface area contributed by atoms with Gasteiger partial charge in [-0.25, -0.2) is 4.79 Å². The summed E-state index contributed by atoms with van der Waals surface area (Å²) in [5.74, 6) is 0.197. The highest BCUT2D eigenvalue weighted by atomic mass is 35.5. The Kier molecular flexibility index (Phi) is 6.59. The van der Waals surface area contributed by atoms with E-state index in [0.717, 1.165) is 5.69 Å². The molecule has 1 rings (SSSR count). The number of nitrogens with zero attached hydrogens (tertiary/aromatic N) is 1. The Morgan fingerprint density at radius 1 is 1.42 bits per heavy atom. The number of pyridine rings is 1. The summed E-state index contributed by atoms with van der Waals surface area (Å²) in [6.07, 6.45) is 1.69. The van der Waals surface area contributed by atoms with Gasteiger partial charge in [-0.1, -0.05) is 25.4 Å². The van der Waals surface area contributed by atoms with Crippen LogP contribution < -0.4 is 10.6 Å². The maximum absolute atomic E-state index is 11.5. The molecule has 106 valence electrons. The molecule has 1 unspecified atom stereocenters. The molecule has 5 nitrogen and oxygen atoms in total. The quantitative estimate of drug-likeness (QED) is 0.748. The molecule has 0 aromatic carbocycles. The van der Waals surface area contributed by atoms with Crippen LogP contribution in [0.15, 0.2) is 18.3 Å². The van der Waals surface area contributed by atoms with E-state index in [1.165, 1.54) is 6.20 Å². The van der Waals surface area contributed by atoms with Crippen LogP contribution in [-0.2, 0) is 6.54 Å². The second-order valence-corrected chi connectivity index (χ2v) is 5.11. The molecule has 19 heavy (non-hydrogen) atoms. The SMILES string of the molecule is CC(C)C(O)CCNC(=O)NCc1ccc(Cl)cn1. The van der Waals surface area contributed by atoms with Gasteiger partial charge in [0.1, 0.15) is 0 Å². The van der Waals surface area contributed by atoms with Gasteiger partial charge in [0.05, 0.1) is 23.4 Å². The Morgan fingerprint density at radius 3 is 2.74 bits per heavy atom. The second-order valence-electron chi connectivity index (χ2n) is 4.68. The summed E-state index contributed by atoms with van der Waals surface area (Å²) < 4.78 is 0. The summed E-state index contributed by atoms with van der Waals surface area (Å²) in [7, 11) is 0. The topological polar surface area (TPSA) is 74.2 Å². The fourth-order valence-corrected chi connectivity index (χ4v) is 1.52. The lowest BCUT2D eigenvalue weighted by atomic mass is 10.0. The summed E-state index contributed by atoms with van der Waals surface area (Å²) in [6.45, 7) is 4.67. The van der Waals surface area contributed by atoms with E-state index >= 15 is 0 Å². The third kappa shape index (κ3) is 6.40. The number of halogens is 1. The first-order chi connectivity index (χ1) is 8.99. The molecule has 6 heteroatoms. The fraction of sp³-hybridized carbons (Fsp3) is 0.538. The highest BCUT2D eigenvalue weighted by molar-refractivity contribution is 6.30. The Labute approximate surface area is 118 Å². The summed E-state index contributed by atoms with van der Waals surface area (Å²) in [5, 5.41) is 15.5. The minimum Gasteiger partial charge on any atom is -0.393 e. The number of aliphatic hydroxyl groups excluding tert-OH is 1. The van der Waals surface area contributed by atoms with Crippen LogP contribution in [0.4, 0.5) is 4.79 Å². The van der Waals surface area contributed by atoms with Gasteiger partial charge in [-0.05, 0) is 24.5 Å². The number of aliphatic hydroxyl groups is 1. The molecule has 0 aliphatic carbocycles. The standard InChI is InChI=1S/C13H20ClN3O2/c1-9(2)12(18)5-6-15-13(19)17-8-11-4-3-10(14)7-16-11/h3-4,7,9,12,18H,5-6,8H2,1-2H3,(H2,15,17,19). The molecule has 3 N–H and O–H groups in total. The van der Waals surface area contributed by atoms with E-state index in [1.807, 2.05) is 13.8 Å². The number of aromatic nitrogens is 1. The number of nitrogens with one attached hydrogen (secondary N) is 2. The van der Waals surface area contributed by atoms with Gasteiger partial charge in [-0.15, -0.1) is 0 Å². The van der Waals surface area contributed by atoms with Gasteiger partial charge >= 0.3 is 6.03 Å². The zero-order valence-electron chi connectivity index (χ0n) is 11.2. The van der Waals surface area contributed by atoms with Crippen molar-refractivity contribution in [1.29, 1.82) is 0 Å². The van der Waals surface area contributed by atoms with Gasteiger partial charge in [-0.3, -0.25) is 4.98 Å². The largest absolute Gasteiger partial charge is 0.393 e. The smallest absolute Gasteiger partial charge is 0.315 e. The van der Waals surface area contributed by atoms with E-state index < -0.39 is 6.10 Å². The molecule has 0 radical (unpaired) electrons.